The van der Waals surface area contributed by atoms with Crippen LogP contribution >= 0.6 is 0 Å². The molecule has 1 heterocycles. The number of nitrogens with one attached hydrogen (secondary N) is 1. The Morgan fingerprint density at radius 3 is 2.49 bits per heavy atom. The van der Waals surface area contributed by atoms with Crippen LogP contribution in [0.15, 0.2) is 97.1 Å². The van der Waals surface area contributed by atoms with Crippen molar-refractivity contribution in [2.24, 2.45) is 0 Å². The van der Waals surface area contributed by atoms with Gasteiger partial charge in [0.25, 0.3) is 11.8 Å². The van der Waals surface area contributed by atoms with Gasteiger partial charge in [0.1, 0.15) is 11.6 Å². The highest BCUT2D eigenvalue weighted by atomic mass is 19.1. The van der Waals surface area contributed by atoms with E-state index in [-0.39, 0.29) is 30.2 Å². The van der Waals surface area contributed by atoms with Gasteiger partial charge in [-0.25, -0.2) is 4.39 Å². The maximum Gasteiger partial charge on any atom is 0.261 e. The van der Waals surface area contributed by atoms with Crippen molar-refractivity contribution in [3.63, 3.8) is 0 Å². The second kappa shape index (κ2) is 11.5. The van der Waals surface area contributed by atoms with Gasteiger partial charge in [-0.2, -0.15) is 0 Å². The standard InChI is InChI=1S/C33H31FN2O3/c1-22-7-6-10-27(19-22)31-30-20-29(39-23(2)32(37)35-21-24-11-14-28(34)15-12-24)16-13-25(30)17-18-36(31)33(38)26-8-4-3-5-9-26/h3-16,19-20,23,31H,17-18,21H2,1-2H3,(H,35,37)/t23-,31+/m1/s1. The van der Waals surface area contributed by atoms with Gasteiger partial charge in [-0.15, -0.1) is 0 Å². The minimum absolute atomic E-state index is 0.0207. The smallest absolute Gasteiger partial charge is 0.261 e. The Morgan fingerprint density at radius 2 is 1.74 bits per heavy atom. The number of aryl methyl sites for hydroxylation is 1. The lowest BCUT2D eigenvalue weighted by Gasteiger charge is -2.38. The summed E-state index contributed by atoms with van der Waals surface area (Å²) in [5.41, 5.74) is 5.74. The average molecular weight is 523 g/mol. The largest absolute Gasteiger partial charge is 0.481 e. The van der Waals surface area contributed by atoms with Gasteiger partial charge in [0.2, 0.25) is 0 Å². The van der Waals surface area contributed by atoms with Crippen molar-refractivity contribution in [2.75, 3.05) is 6.54 Å². The molecule has 0 radical (unpaired) electrons. The van der Waals surface area contributed by atoms with Crippen LogP contribution in [-0.2, 0) is 17.8 Å². The molecular weight excluding hydrogens is 491 g/mol. The molecule has 0 aromatic heterocycles. The number of hydrogen-bond acceptors (Lipinski definition) is 3. The molecule has 0 bridgehead atoms. The monoisotopic (exact) mass is 522 g/mol. The van der Waals surface area contributed by atoms with Crippen LogP contribution in [0.4, 0.5) is 4.39 Å². The van der Waals surface area contributed by atoms with Crippen molar-refractivity contribution in [3.05, 3.63) is 136 Å². The fourth-order valence-corrected chi connectivity index (χ4v) is 5.02. The molecule has 1 aliphatic heterocycles. The van der Waals surface area contributed by atoms with Crippen molar-refractivity contribution in [1.29, 1.82) is 0 Å². The molecule has 6 heteroatoms. The first-order valence-corrected chi connectivity index (χ1v) is 13.1. The number of carbonyl (C=O) groups is 2. The van der Waals surface area contributed by atoms with Crippen LogP contribution in [0.5, 0.6) is 5.75 Å². The Kier molecular flexibility index (Phi) is 7.73. The number of ether oxygens (including phenoxy) is 1. The van der Waals surface area contributed by atoms with Gasteiger partial charge in [-0.1, -0.05) is 66.2 Å². The molecule has 0 saturated heterocycles. The van der Waals surface area contributed by atoms with Crippen LogP contribution in [0.1, 0.15) is 51.1 Å². The number of amides is 2. The molecule has 4 aromatic rings. The highest BCUT2D eigenvalue weighted by molar-refractivity contribution is 5.95. The van der Waals surface area contributed by atoms with Gasteiger partial charge in [0, 0.05) is 18.7 Å². The predicted molar refractivity (Wildman–Crippen MR) is 149 cm³/mol. The highest BCUT2D eigenvalue weighted by Gasteiger charge is 2.33. The lowest BCUT2D eigenvalue weighted by atomic mass is 9.87. The van der Waals surface area contributed by atoms with Crippen molar-refractivity contribution < 1.29 is 18.7 Å². The third kappa shape index (κ3) is 6.01. The number of halogens is 1. The van der Waals surface area contributed by atoms with Crippen LogP contribution in [0.25, 0.3) is 0 Å². The zero-order valence-corrected chi connectivity index (χ0v) is 22.1. The van der Waals surface area contributed by atoms with Crippen molar-refractivity contribution >= 4 is 11.8 Å². The van der Waals surface area contributed by atoms with E-state index in [9.17, 15) is 14.0 Å². The summed E-state index contributed by atoms with van der Waals surface area (Å²) in [6.07, 6.45) is -0.0175. The van der Waals surface area contributed by atoms with Crippen molar-refractivity contribution in [3.8, 4) is 5.75 Å². The molecule has 2 amide bonds. The molecule has 0 fully saturated rings. The molecule has 1 N–H and O–H groups in total. The number of nitrogens with zero attached hydrogens (tertiary/aromatic N) is 1. The summed E-state index contributed by atoms with van der Waals surface area (Å²) in [6, 6.07) is 29.2. The van der Waals surface area contributed by atoms with E-state index in [1.807, 2.05) is 72.5 Å². The van der Waals surface area contributed by atoms with E-state index in [1.54, 1.807) is 19.1 Å². The van der Waals surface area contributed by atoms with E-state index in [2.05, 4.69) is 17.4 Å². The Hall–Kier alpha value is -4.45. The molecule has 39 heavy (non-hydrogen) atoms. The number of rotatable bonds is 7. The van der Waals surface area contributed by atoms with Crippen LogP contribution in [-0.4, -0.2) is 29.4 Å². The Balaban J connectivity index is 1.39. The summed E-state index contributed by atoms with van der Waals surface area (Å²) in [5.74, 6) is -0.0483. The van der Waals surface area contributed by atoms with Crippen LogP contribution < -0.4 is 10.1 Å². The third-order valence-corrected chi connectivity index (χ3v) is 7.05. The van der Waals surface area contributed by atoms with Crippen molar-refractivity contribution in [2.45, 2.75) is 39.0 Å². The summed E-state index contributed by atoms with van der Waals surface area (Å²) < 4.78 is 19.2. The van der Waals surface area contributed by atoms with Gasteiger partial charge in [0.05, 0.1) is 6.04 Å². The molecule has 198 valence electrons. The fourth-order valence-electron chi connectivity index (χ4n) is 5.02. The highest BCUT2D eigenvalue weighted by Crippen LogP contribution is 2.38. The van der Waals surface area contributed by atoms with E-state index in [1.165, 1.54) is 12.1 Å². The quantitative estimate of drug-likeness (QED) is 0.324. The second-order valence-corrected chi connectivity index (χ2v) is 9.90. The first-order chi connectivity index (χ1) is 18.9. The first kappa shape index (κ1) is 26.2. The molecule has 4 aromatic carbocycles. The van der Waals surface area contributed by atoms with E-state index >= 15 is 0 Å². The SMILES string of the molecule is Cc1cccc([C@H]2c3cc(O[C@H](C)C(=O)NCc4ccc(F)cc4)ccc3CCN2C(=O)c2ccccc2)c1. The van der Waals surface area contributed by atoms with Crippen LogP contribution in [0.3, 0.4) is 0 Å². The normalized spacial score (nSPS) is 15.3. The molecule has 2 atom stereocenters. The van der Waals surface area contributed by atoms with Gasteiger partial charge < -0.3 is 15.0 Å². The zero-order chi connectivity index (χ0) is 27.4. The Bertz CT molecular complexity index is 1470. The molecule has 1 aliphatic rings. The third-order valence-electron chi connectivity index (χ3n) is 7.05. The van der Waals surface area contributed by atoms with E-state index < -0.39 is 6.10 Å². The molecule has 0 unspecified atom stereocenters. The molecular formula is C33H31FN2O3. The maximum atomic E-state index is 13.7. The van der Waals surface area contributed by atoms with E-state index in [0.717, 1.165) is 34.2 Å². The Labute approximate surface area is 228 Å². The van der Waals surface area contributed by atoms with Crippen molar-refractivity contribution in [1.82, 2.24) is 10.2 Å². The fraction of sp³-hybridized carbons (Fsp3) is 0.212. The number of fused-ring (bicyclic) bond motifs is 1. The Morgan fingerprint density at radius 1 is 0.974 bits per heavy atom. The number of benzene rings is 4. The van der Waals surface area contributed by atoms with Crippen LogP contribution in [0.2, 0.25) is 0 Å². The van der Waals surface area contributed by atoms with Crippen LogP contribution in [0, 0.1) is 12.7 Å². The van der Waals surface area contributed by atoms with Gasteiger partial charge in [-0.05, 0) is 78.9 Å². The number of carbonyl (C=O) groups excluding carboxylic acids is 2. The summed E-state index contributed by atoms with van der Waals surface area (Å²) >= 11 is 0. The summed E-state index contributed by atoms with van der Waals surface area (Å²) in [6.45, 7) is 4.62. The molecule has 5 nitrogen and oxygen atoms in total. The minimum Gasteiger partial charge on any atom is -0.481 e. The summed E-state index contributed by atoms with van der Waals surface area (Å²) in [4.78, 5) is 28.3. The average Bonchev–Trinajstić information content (AvgIpc) is 2.96. The zero-order valence-electron chi connectivity index (χ0n) is 22.1. The molecule has 0 saturated carbocycles. The van der Waals surface area contributed by atoms with E-state index in [4.69, 9.17) is 4.74 Å². The molecule has 0 spiro atoms. The minimum atomic E-state index is -0.744. The summed E-state index contributed by atoms with van der Waals surface area (Å²) in [7, 11) is 0. The lowest BCUT2D eigenvalue weighted by Crippen LogP contribution is -2.40. The summed E-state index contributed by atoms with van der Waals surface area (Å²) in [5, 5.41) is 2.84. The van der Waals surface area contributed by atoms with Gasteiger partial charge in [0.15, 0.2) is 6.10 Å². The molecule has 5 rings (SSSR count). The first-order valence-electron chi connectivity index (χ1n) is 13.1. The predicted octanol–water partition coefficient (Wildman–Crippen LogP) is 6.01. The van der Waals surface area contributed by atoms with Gasteiger partial charge >= 0.3 is 0 Å². The van der Waals surface area contributed by atoms with Gasteiger partial charge in [-0.3, -0.25) is 9.59 Å². The number of hydrogen-bond donors (Lipinski definition) is 1. The second-order valence-electron chi connectivity index (χ2n) is 9.90. The topological polar surface area (TPSA) is 58.6 Å². The van der Waals surface area contributed by atoms with E-state index in [0.29, 0.717) is 17.9 Å². The maximum absolute atomic E-state index is 13.7. The lowest BCUT2D eigenvalue weighted by molar-refractivity contribution is -0.127. The molecule has 0 aliphatic carbocycles.